The van der Waals surface area contributed by atoms with Crippen LogP contribution in [0.15, 0.2) is 24.4 Å². The number of methoxy groups -OCH3 is 1. The summed E-state index contributed by atoms with van der Waals surface area (Å²) < 4.78 is 11.2. The van der Waals surface area contributed by atoms with E-state index >= 15 is 0 Å². The average Bonchev–Trinajstić information content (AvgIpc) is 2.98. The van der Waals surface area contributed by atoms with Crippen molar-refractivity contribution in [2.24, 2.45) is 0 Å². The van der Waals surface area contributed by atoms with Crippen molar-refractivity contribution < 1.29 is 9.47 Å². The van der Waals surface area contributed by atoms with Crippen LogP contribution in [0.5, 0.6) is 11.5 Å². The largest absolute Gasteiger partial charge is 0.493 e. The molecule has 0 radical (unpaired) electrons. The maximum atomic E-state index is 5.85. The molecule has 1 aromatic heterocycles. The van der Waals surface area contributed by atoms with Crippen LogP contribution in [0.2, 0.25) is 0 Å². The fraction of sp³-hybridized carbons (Fsp3) is 0.438. The molecule has 0 unspecified atom stereocenters. The molecule has 1 N–H and O–H groups in total. The van der Waals surface area contributed by atoms with Gasteiger partial charge in [-0.2, -0.15) is 0 Å². The Morgan fingerprint density at radius 2 is 2.10 bits per heavy atom. The Balaban J connectivity index is 1.97. The molecule has 0 aliphatic carbocycles. The second kappa shape index (κ2) is 7.88. The van der Waals surface area contributed by atoms with Gasteiger partial charge in [-0.15, -0.1) is 0 Å². The maximum Gasteiger partial charge on any atom is 0.182 e. The Morgan fingerprint density at radius 3 is 2.81 bits per heavy atom. The zero-order valence-corrected chi connectivity index (χ0v) is 13.6. The summed E-state index contributed by atoms with van der Waals surface area (Å²) in [5.41, 5.74) is 1.24. The average molecular weight is 306 g/mol. The van der Waals surface area contributed by atoms with E-state index in [2.05, 4.69) is 30.2 Å². The van der Waals surface area contributed by atoms with Crippen LogP contribution in [-0.2, 0) is 13.0 Å². The fourth-order valence-electron chi connectivity index (χ4n) is 1.89. The van der Waals surface area contributed by atoms with Crippen LogP contribution < -0.4 is 14.8 Å². The van der Waals surface area contributed by atoms with Crippen LogP contribution in [-0.4, -0.2) is 18.6 Å². The van der Waals surface area contributed by atoms with Gasteiger partial charge in [0, 0.05) is 12.7 Å². The molecule has 2 rings (SSSR count). The van der Waals surface area contributed by atoms with E-state index in [1.807, 2.05) is 18.3 Å². The van der Waals surface area contributed by atoms with Crippen molar-refractivity contribution in [2.75, 3.05) is 19.0 Å². The number of aromatic nitrogens is 1. The number of thiazole rings is 1. The lowest BCUT2D eigenvalue weighted by Gasteiger charge is -2.11. The smallest absolute Gasteiger partial charge is 0.182 e. The van der Waals surface area contributed by atoms with Crippen molar-refractivity contribution in [1.82, 2.24) is 4.98 Å². The van der Waals surface area contributed by atoms with Crippen molar-refractivity contribution in [3.63, 3.8) is 0 Å². The summed E-state index contributed by atoms with van der Waals surface area (Å²) in [5, 5.41) is 4.23. The molecular formula is C16H22N2O2S. The molecule has 0 atom stereocenters. The highest BCUT2D eigenvalue weighted by Gasteiger charge is 2.07. The van der Waals surface area contributed by atoms with Gasteiger partial charge < -0.3 is 14.8 Å². The molecule has 1 aromatic carbocycles. The summed E-state index contributed by atoms with van der Waals surface area (Å²) in [6, 6.07) is 6.06. The minimum atomic E-state index is 0.507. The summed E-state index contributed by atoms with van der Waals surface area (Å²) >= 11 is 1.63. The molecule has 21 heavy (non-hydrogen) atoms. The van der Waals surface area contributed by atoms with Gasteiger partial charge in [-0.05, 0) is 30.5 Å². The molecule has 0 saturated heterocycles. The molecule has 0 saturated carbocycles. The Hall–Kier alpha value is -1.75. The Kier molecular flexibility index (Phi) is 5.87. The highest BCUT2D eigenvalue weighted by atomic mass is 32.1. The number of hydrogen-bond acceptors (Lipinski definition) is 5. The van der Waals surface area contributed by atoms with E-state index in [1.165, 1.54) is 5.56 Å². The molecule has 0 aliphatic rings. The predicted molar refractivity (Wildman–Crippen MR) is 87.6 cm³/mol. The Labute approximate surface area is 130 Å². The fourth-order valence-corrected chi connectivity index (χ4v) is 2.64. The lowest BCUT2D eigenvalue weighted by atomic mass is 10.1. The summed E-state index contributed by atoms with van der Waals surface area (Å²) in [6.07, 6.45) is 3.93. The Morgan fingerprint density at radius 1 is 1.24 bits per heavy atom. The molecular weight excluding hydrogens is 284 g/mol. The minimum Gasteiger partial charge on any atom is -0.493 e. The SMILES string of the molecule is CCCNc1ncc(COc2ccc(CC)cc2OC)s1. The van der Waals surface area contributed by atoms with Crippen LogP contribution >= 0.6 is 11.3 Å². The first-order chi connectivity index (χ1) is 10.3. The van der Waals surface area contributed by atoms with Crippen molar-refractivity contribution in [2.45, 2.75) is 33.3 Å². The van der Waals surface area contributed by atoms with Gasteiger partial charge in [0.15, 0.2) is 16.6 Å². The number of nitrogens with zero attached hydrogens (tertiary/aromatic N) is 1. The van der Waals surface area contributed by atoms with Crippen molar-refractivity contribution in [3.05, 3.63) is 34.8 Å². The van der Waals surface area contributed by atoms with Gasteiger partial charge in [0.25, 0.3) is 0 Å². The van der Waals surface area contributed by atoms with E-state index in [4.69, 9.17) is 9.47 Å². The predicted octanol–water partition coefficient (Wildman–Crippen LogP) is 4.12. The topological polar surface area (TPSA) is 43.4 Å². The van der Waals surface area contributed by atoms with Crippen LogP contribution in [0.1, 0.15) is 30.7 Å². The van der Waals surface area contributed by atoms with E-state index < -0.39 is 0 Å². The van der Waals surface area contributed by atoms with Crippen LogP contribution in [0.3, 0.4) is 0 Å². The second-order valence-corrected chi connectivity index (χ2v) is 5.80. The molecule has 114 valence electrons. The van der Waals surface area contributed by atoms with Gasteiger partial charge in [-0.1, -0.05) is 31.3 Å². The quantitative estimate of drug-likeness (QED) is 0.797. The molecule has 0 fully saturated rings. The molecule has 0 spiro atoms. The third-order valence-corrected chi connectivity index (χ3v) is 4.01. The number of anilines is 1. The summed E-state index contributed by atoms with van der Waals surface area (Å²) in [7, 11) is 1.67. The number of hydrogen-bond donors (Lipinski definition) is 1. The lowest BCUT2D eigenvalue weighted by molar-refractivity contribution is 0.287. The molecule has 5 heteroatoms. The van der Waals surface area contributed by atoms with Crippen molar-refractivity contribution in [1.29, 1.82) is 0 Å². The number of rotatable bonds is 8. The second-order valence-electron chi connectivity index (χ2n) is 4.69. The maximum absolute atomic E-state index is 5.85. The van der Waals surface area contributed by atoms with Gasteiger partial charge in [-0.25, -0.2) is 4.98 Å². The molecule has 2 aromatic rings. The van der Waals surface area contributed by atoms with Crippen molar-refractivity contribution >= 4 is 16.5 Å². The van der Waals surface area contributed by atoms with Gasteiger partial charge in [-0.3, -0.25) is 0 Å². The van der Waals surface area contributed by atoms with Gasteiger partial charge >= 0.3 is 0 Å². The number of nitrogens with one attached hydrogen (secondary N) is 1. The van der Waals surface area contributed by atoms with E-state index in [1.54, 1.807) is 18.4 Å². The molecule has 0 amide bonds. The minimum absolute atomic E-state index is 0.507. The highest BCUT2D eigenvalue weighted by molar-refractivity contribution is 7.15. The standard InChI is InChI=1S/C16H22N2O2S/c1-4-8-17-16-18-10-13(21-16)11-20-14-7-6-12(5-2)9-15(14)19-3/h6-7,9-10H,4-5,8,11H2,1-3H3,(H,17,18). The van der Waals surface area contributed by atoms with Gasteiger partial charge in [0.05, 0.1) is 12.0 Å². The van der Waals surface area contributed by atoms with E-state index in [0.717, 1.165) is 40.9 Å². The van der Waals surface area contributed by atoms with Crippen LogP contribution in [0.4, 0.5) is 5.13 Å². The zero-order chi connectivity index (χ0) is 15.1. The summed E-state index contributed by atoms with van der Waals surface area (Å²) in [5.74, 6) is 1.55. The number of benzene rings is 1. The van der Waals surface area contributed by atoms with E-state index in [-0.39, 0.29) is 0 Å². The lowest BCUT2D eigenvalue weighted by Crippen LogP contribution is -1.98. The first-order valence-corrected chi connectivity index (χ1v) is 8.06. The third kappa shape index (κ3) is 4.36. The summed E-state index contributed by atoms with van der Waals surface area (Å²) in [4.78, 5) is 5.42. The zero-order valence-electron chi connectivity index (χ0n) is 12.8. The number of ether oxygens (including phenoxy) is 2. The monoisotopic (exact) mass is 306 g/mol. The third-order valence-electron chi connectivity index (χ3n) is 3.09. The molecule has 0 bridgehead atoms. The molecule has 4 nitrogen and oxygen atoms in total. The van der Waals surface area contributed by atoms with Crippen molar-refractivity contribution in [3.8, 4) is 11.5 Å². The van der Waals surface area contributed by atoms with E-state index in [0.29, 0.717) is 6.61 Å². The first kappa shape index (κ1) is 15.6. The van der Waals surface area contributed by atoms with Crippen LogP contribution in [0.25, 0.3) is 0 Å². The highest BCUT2D eigenvalue weighted by Crippen LogP contribution is 2.29. The first-order valence-electron chi connectivity index (χ1n) is 7.25. The van der Waals surface area contributed by atoms with E-state index in [9.17, 15) is 0 Å². The van der Waals surface area contributed by atoms with Gasteiger partial charge in [0.2, 0.25) is 0 Å². The molecule has 0 aliphatic heterocycles. The van der Waals surface area contributed by atoms with Gasteiger partial charge in [0.1, 0.15) is 6.61 Å². The normalized spacial score (nSPS) is 10.4. The Bertz CT molecular complexity index is 569. The number of aryl methyl sites for hydroxylation is 1. The molecule has 1 heterocycles. The summed E-state index contributed by atoms with van der Waals surface area (Å²) in [6.45, 7) is 5.71. The van der Waals surface area contributed by atoms with Crippen LogP contribution in [0, 0.1) is 0 Å².